The highest BCUT2D eigenvalue weighted by atomic mass is 16.5. The molecule has 0 radical (unpaired) electrons. The normalized spacial score (nSPS) is 17.1. The molecule has 1 heterocycles. The third-order valence-corrected chi connectivity index (χ3v) is 4.84. The molecule has 0 saturated carbocycles. The second-order valence-electron chi connectivity index (χ2n) is 6.87. The molecule has 1 saturated heterocycles. The number of benzene rings is 2. The molecule has 1 aliphatic rings. The summed E-state index contributed by atoms with van der Waals surface area (Å²) >= 11 is 0. The molecule has 2 aromatic rings. The van der Waals surface area contributed by atoms with Crippen molar-refractivity contribution < 1.29 is 19.0 Å². The van der Waals surface area contributed by atoms with E-state index in [4.69, 9.17) is 14.2 Å². The minimum absolute atomic E-state index is 0.00591. The van der Waals surface area contributed by atoms with Crippen LogP contribution in [-0.2, 0) is 22.5 Å². The maximum absolute atomic E-state index is 12.4. The minimum Gasteiger partial charge on any atom is -0.497 e. The number of rotatable bonds is 8. The number of amides is 1. The van der Waals surface area contributed by atoms with Crippen molar-refractivity contribution in [2.75, 3.05) is 40.5 Å². The molecule has 1 amide bonds. The van der Waals surface area contributed by atoms with Gasteiger partial charge >= 0.3 is 0 Å². The fraction of sp³-hybridized carbons (Fsp3) is 0.409. The van der Waals surface area contributed by atoms with Crippen LogP contribution in [0.25, 0.3) is 0 Å². The predicted molar refractivity (Wildman–Crippen MR) is 108 cm³/mol. The largest absolute Gasteiger partial charge is 0.497 e. The van der Waals surface area contributed by atoms with Gasteiger partial charge in [0.25, 0.3) is 0 Å². The number of carbonyl (C=O) groups excluding carboxylic acids is 1. The zero-order valence-corrected chi connectivity index (χ0v) is 16.5. The first-order chi connectivity index (χ1) is 13.7. The molecule has 1 N–H and O–H groups in total. The van der Waals surface area contributed by atoms with Crippen molar-refractivity contribution in [2.24, 2.45) is 0 Å². The first kappa shape index (κ1) is 20.2. The molecule has 0 aromatic heterocycles. The molecule has 6 nitrogen and oxygen atoms in total. The van der Waals surface area contributed by atoms with Gasteiger partial charge < -0.3 is 19.5 Å². The Morgan fingerprint density at radius 1 is 1.18 bits per heavy atom. The molecule has 0 aliphatic carbocycles. The summed E-state index contributed by atoms with van der Waals surface area (Å²) in [7, 11) is 3.20. The smallest absolute Gasteiger partial charge is 0.224 e. The Balaban J connectivity index is 1.49. The average Bonchev–Trinajstić information content (AvgIpc) is 2.73. The van der Waals surface area contributed by atoms with Crippen molar-refractivity contribution in [3.05, 3.63) is 59.7 Å². The highest BCUT2D eigenvalue weighted by Gasteiger charge is 2.21. The van der Waals surface area contributed by atoms with Gasteiger partial charge in [-0.1, -0.05) is 30.3 Å². The molecule has 150 valence electrons. The third-order valence-electron chi connectivity index (χ3n) is 4.84. The Bertz CT molecular complexity index is 766. The summed E-state index contributed by atoms with van der Waals surface area (Å²) in [6, 6.07) is 15.9. The molecule has 1 aliphatic heterocycles. The number of ether oxygens (including phenoxy) is 3. The quantitative estimate of drug-likeness (QED) is 0.757. The fourth-order valence-corrected chi connectivity index (χ4v) is 3.37. The van der Waals surface area contributed by atoms with Gasteiger partial charge in [0, 0.05) is 31.7 Å². The van der Waals surface area contributed by atoms with E-state index >= 15 is 0 Å². The zero-order chi connectivity index (χ0) is 19.8. The number of methoxy groups -OCH3 is 2. The number of carbonyl (C=O) groups is 1. The number of nitrogens with zero attached hydrogens (tertiary/aromatic N) is 1. The summed E-state index contributed by atoms with van der Waals surface area (Å²) in [5, 5.41) is 2.99. The summed E-state index contributed by atoms with van der Waals surface area (Å²) in [6.45, 7) is 3.78. The van der Waals surface area contributed by atoms with Gasteiger partial charge in [-0.05, 0) is 23.8 Å². The molecule has 6 heteroatoms. The van der Waals surface area contributed by atoms with E-state index in [1.54, 1.807) is 14.2 Å². The van der Waals surface area contributed by atoms with Crippen LogP contribution in [0.4, 0.5) is 0 Å². The third kappa shape index (κ3) is 5.71. The van der Waals surface area contributed by atoms with Gasteiger partial charge in [0.2, 0.25) is 5.91 Å². The fourth-order valence-electron chi connectivity index (χ4n) is 3.37. The second-order valence-corrected chi connectivity index (χ2v) is 6.87. The average molecular weight is 384 g/mol. The van der Waals surface area contributed by atoms with Crippen molar-refractivity contribution in [1.29, 1.82) is 0 Å². The van der Waals surface area contributed by atoms with E-state index in [0.717, 1.165) is 25.2 Å². The number of hydrogen-bond donors (Lipinski definition) is 1. The molecule has 1 fully saturated rings. The lowest BCUT2D eigenvalue weighted by molar-refractivity contribution is -0.121. The summed E-state index contributed by atoms with van der Waals surface area (Å²) < 4.78 is 16.4. The molecule has 1 unspecified atom stereocenters. The van der Waals surface area contributed by atoms with Crippen LogP contribution in [0, 0.1) is 0 Å². The van der Waals surface area contributed by atoms with Crippen LogP contribution in [-0.4, -0.2) is 57.4 Å². The van der Waals surface area contributed by atoms with Gasteiger partial charge in [0.1, 0.15) is 11.5 Å². The van der Waals surface area contributed by atoms with Crippen LogP contribution in [0.1, 0.15) is 11.1 Å². The predicted octanol–water partition coefficient (Wildman–Crippen LogP) is 2.26. The van der Waals surface area contributed by atoms with E-state index in [2.05, 4.69) is 34.5 Å². The van der Waals surface area contributed by atoms with Crippen LogP contribution in [0.2, 0.25) is 0 Å². The first-order valence-corrected chi connectivity index (χ1v) is 9.53. The SMILES string of the molecule is COc1ccc(OC)c(CC(=O)NCC2CN(Cc3ccccc3)CCO2)c1. The monoisotopic (exact) mass is 384 g/mol. The van der Waals surface area contributed by atoms with E-state index < -0.39 is 0 Å². The van der Waals surface area contributed by atoms with E-state index in [9.17, 15) is 4.79 Å². The molecule has 3 rings (SSSR count). The lowest BCUT2D eigenvalue weighted by Gasteiger charge is -2.33. The molecule has 2 aromatic carbocycles. The highest BCUT2D eigenvalue weighted by molar-refractivity contribution is 5.79. The molecule has 0 bridgehead atoms. The van der Waals surface area contributed by atoms with Crippen molar-refractivity contribution in [2.45, 2.75) is 19.1 Å². The second kappa shape index (κ2) is 10.1. The standard InChI is InChI=1S/C22H28N2O4/c1-26-19-8-9-21(27-2)18(12-19)13-22(25)23-14-20-16-24(10-11-28-20)15-17-6-4-3-5-7-17/h3-9,12,20H,10-11,13-16H2,1-2H3,(H,23,25). The first-order valence-electron chi connectivity index (χ1n) is 9.53. The summed E-state index contributed by atoms with van der Waals surface area (Å²) in [5.74, 6) is 1.32. The number of morpholine rings is 1. The van der Waals surface area contributed by atoms with Crippen LogP contribution in [0.5, 0.6) is 11.5 Å². The van der Waals surface area contributed by atoms with Crippen molar-refractivity contribution in [3.8, 4) is 11.5 Å². The Morgan fingerprint density at radius 3 is 2.75 bits per heavy atom. The van der Waals surface area contributed by atoms with E-state index in [1.165, 1.54) is 5.56 Å². The van der Waals surface area contributed by atoms with E-state index in [1.807, 2.05) is 24.3 Å². The zero-order valence-electron chi connectivity index (χ0n) is 16.5. The summed E-state index contributed by atoms with van der Waals surface area (Å²) in [5.41, 5.74) is 2.09. The number of nitrogens with one attached hydrogen (secondary N) is 1. The Hall–Kier alpha value is -2.57. The molecule has 28 heavy (non-hydrogen) atoms. The van der Waals surface area contributed by atoms with Gasteiger partial charge in [0.05, 0.1) is 33.4 Å². The highest BCUT2D eigenvalue weighted by Crippen LogP contribution is 2.24. The molecular weight excluding hydrogens is 356 g/mol. The van der Waals surface area contributed by atoms with Crippen LogP contribution in [0.3, 0.4) is 0 Å². The van der Waals surface area contributed by atoms with Gasteiger partial charge in [-0.15, -0.1) is 0 Å². The van der Waals surface area contributed by atoms with Crippen molar-refractivity contribution in [1.82, 2.24) is 10.2 Å². The maximum atomic E-state index is 12.4. The van der Waals surface area contributed by atoms with Crippen LogP contribution in [0.15, 0.2) is 48.5 Å². The van der Waals surface area contributed by atoms with Gasteiger partial charge in [-0.25, -0.2) is 0 Å². The van der Waals surface area contributed by atoms with Crippen LogP contribution < -0.4 is 14.8 Å². The Morgan fingerprint density at radius 2 is 2.00 bits per heavy atom. The topological polar surface area (TPSA) is 60.0 Å². The van der Waals surface area contributed by atoms with Crippen molar-refractivity contribution >= 4 is 5.91 Å². The molecular formula is C22H28N2O4. The maximum Gasteiger partial charge on any atom is 0.224 e. The Labute approximate surface area is 166 Å². The van der Waals surface area contributed by atoms with Gasteiger partial charge in [-0.2, -0.15) is 0 Å². The van der Waals surface area contributed by atoms with Crippen molar-refractivity contribution in [3.63, 3.8) is 0 Å². The summed E-state index contributed by atoms with van der Waals surface area (Å²) in [4.78, 5) is 14.8. The summed E-state index contributed by atoms with van der Waals surface area (Å²) in [6.07, 6.45) is 0.231. The number of hydrogen-bond acceptors (Lipinski definition) is 5. The lowest BCUT2D eigenvalue weighted by atomic mass is 10.1. The van der Waals surface area contributed by atoms with Crippen LogP contribution >= 0.6 is 0 Å². The molecule has 0 spiro atoms. The molecule has 1 atom stereocenters. The van der Waals surface area contributed by atoms with E-state index in [-0.39, 0.29) is 18.4 Å². The van der Waals surface area contributed by atoms with E-state index in [0.29, 0.717) is 24.7 Å². The minimum atomic E-state index is -0.0599. The van der Waals surface area contributed by atoms with Gasteiger partial charge in [0.15, 0.2) is 0 Å². The Kier molecular flexibility index (Phi) is 7.28. The van der Waals surface area contributed by atoms with Gasteiger partial charge in [-0.3, -0.25) is 9.69 Å². The lowest BCUT2D eigenvalue weighted by Crippen LogP contribution is -2.47.